The van der Waals surface area contributed by atoms with Crippen molar-refractivity contribution in [3.63, 3.8) is 0 Å². The van der Waals surface area contributed by atoms with E-state index >= 15 is 0 Å². The Morgan fingerprint density at radius 3 is 2.37 bits per heavy atom. The number of nitrogens with zero attached hydrogens (tertiary/aromatic N) is 7. The Morgan fingerprint density at radius 1 is 0.951 bits per heavy atom. The third-order valence-corrected chi connectivity index (χ3v) is 7.42. The van der Waals surface area contributed by atoms with Crippen molar-refractivity contribution in [3.05, 3.63) is 80.8 Å². The van der Waals surface area contributed by atoms with Gasteiger partial charge in [0.25, 0.3) is 5.56 Å². The second-order valence-corrected chi connectivity index (χ2v) is 10.2. The van der Waals surface area contributed by atoms with Gasteiger partial charge >= 0.3 is 5.69 Å². The number of ether oxygens (including phenoxy) is 1. The second kappa shape index (κ2) is 12.4. The molecule has 5 aromatic rings. The lowest BCUT2D eigenvalue weighted by atomic mass is 9.98. The molecule has 0 amide bonds. The van der Waals surface area contributed by atoms with Gasteiger partial charge < -0.3 is 9.30 Å². The number of aromatic amines is 1. The van der Waals surface area contributed by atoms with Gasteiger partial charge in [-0.05, 0) is 41.7 Å². The molecule has 214 valence electrons. The fraction of sp³-hybridized carbons (Fsp3) is 0.400. The smallest absolute Gasteiger partial charge is 0.334 e. The molecule has 0 aliphatic carbocycles. The third kappa shape index (κ3) is 5.49. The highest BCUT2D eigenvalue weighted by atomic mass is 16.5. The number of aryl methyl sites for hydroxylation is 2. The summed E-state index contributed by atoms with van der Waals surface area (Å²) in [5.41, 5.74) is 4.00. The Hall–Kier alpha value is -4.38. The molecule has 0 saturated heterocycles. The van der Waals surface area contributed by atoms with E-state index in [0.29, 0.717) is 30.1 Å². The first-order valence-corrected chi connectivity index (χ1v) is 14.2. The van der Waals surface area contributed by atoms with Crippen LogP contribution in [0, 0.1) is 0 Å². The van der Waals surface area contributed by atoms with E-state index in [4.69, 9.17) is 9.72 Å². The van der Waals surface area contributed by atoms with Crippen LogP contribution in [0.15, 0.2) is 58.1 Å². The fourth-order valence-corrected chi connectivity index (χ4v) is 5.23. The zero-order valence-corrected chi connectivity index (χ0v) is 24.0. The van der Waals surface area contributed by atoms with Crippen LogP contribution in [0.2, 0.25) is 0 Å². The molecule has 0 fully saturated rings. The summed E-state index contributed by atoms with van der Waals surface area (Å²) < 4.78 is 10.2. The maximum Gasteiger partial charge on any atom is 0.334 e. The van der Waals surface area contributed by atoms with E-state index in [2.05, 4.69) is 51.8 Å². The number of fused-ring (bicyclic) bond motifs is 1. The van der Waals surface area contributed by atoms with Crippen LogP contribution in [0.3, 0.4) is 0 Å². The van der Waals surface area contributed by atoms with Crippen LogP contribution in [-0.4, -0.2) is 46.4 Å². The highest BCUT2D eigenvalue weighted by Gasteiger charge is 2.23. The number of rotatable bonds is 12. The van der Waals surface area contributed by atoms with Crippen LogP contribution >= 0.6 is 0 Å². The largest absolute Gasteiger partial charge is 0.361 e. The van der Waals surface area contributed by atoms with E-state index in [9.17, 15) is 9.59 Å². The molecule has 3 heterocycles. The molecule has 0 bridgehead atoms. The number of nitrogens with one attached hydrogen (secondary N) is 1. The topological polar surface area (TPSA) is 126 Å². The summed E-state index contributed by atoms with van der Waals surface area (Å²) in [4.78, 5) is 32.1. The van der Waals surface area contributed by atoms with E-state index in [0.717, 1.165) is 60.2 Å². The van der Waals surface area contributed by atoms with Gasteiger partial charge in [-0.25, -0.2) is 14.3 Å². The van der Waals surface area contributed by atoms with Crippen molar-refractivity contribution in [2.24, 2.45) is 0 Å². The minimum absolute atomic E-state index is 0.383. The molecule has 2 aromatic carbocycles. The molecule has 0 aliphatic rings. The Labute approximate surface area is 237 Å². The molecular weight excluding hydrogens is 520 g/mol. The van der Waals surface area contributed by atoms with Gasteiger partial charge in [0.2, 0.25) is 5.82 Å². The lowest BCUT2D eigenvalue weighted by Crippen LogP contribution is -2.42. The summed E-state index contributed by atoms with van der Waals surface area (Å²) in [7, 11) is 1.50. The number of imidazole rings is 1. The van der Waals surface area contributed by atoms with E-state index in [1.807, 2.05) is 35.8 Å². The number of aromatic nitrogens is 8. The molecule has 11 nitrogen and oxygen atoms in total. The van der Waals surface area contributed by atoms with Gasteiger partial charge in [-0.15, -0.1) is 10.2 Å². The van der Waals surface area contributed by atoms with Crippen LogP contribution in [-0.2, 0) is 24.2 Å². The van der Waals surface area contributed by atoms with Crippen molar-refractivity contribution in [2.75, 3.05) is 7.11 Å². The van der Waals surface area contributed by atoms with Gasteiger partial charge in [0.05, 0.1) is 0 Å². The molecule has 0 spiro atoms. The first-order valence-electron chi connectivity index (χ1n) is 14.2. The number of unbranched alkanes of at least 4 members (excludes halogenated alkanes) is 2. The van der Waals surface area contributed by atoms with Gasteiger partial charge in [-0.1, -0.05) is 75.2 Å². The molecule has 5 rings (SSSR count). The zero-order valence-electron chi connectivity index (χ0n) is 24.0. The number of hydrogen-bond donors (Lipinski definition) is 1. The van der Waals surface area contributed by atoms with Crippen molar-refractivity contribution >= 4 is 11.2 Å². The standard InChI is InChI=1S/C30H36N8O3/c1-5-7-8-13-25-31-28-26(29(39)38(20(3)41-4)30(40)36(28)18-6-2)37(25)19-21-14-16-22(17-15-21)23-11-9-10-12-24(23)27-32-34-35-33-27/h9-12,14-17,20H,5-8,13,18-19H2,1-4H3,(H,32,33,34,35). The number of H-pyrrole nitrogens is 1. The second-order valence-electron chi connectivity index (χ2n) is 10.2. The molecule has 1 atom stereocenters. The molecule has 1 N–H and O–H groups in total. The highest BCUT2D eigenvalue weighted by molar-refractivity contribution is 5.80. The van der Waals surface area contributed by atoms with Crippen molar-refractivity contribution in [3.8, 4) is 22.5 Å². The average molecular weight is 557 g/mol. The number of benzene rings is 2. The van der Waals surface area contributed by atoms with Gasteiger partial charge in [0.15, 0.2) is 11.2 Å². The Morgan fingerprint density at radius 2 is 1.71 bits per heavy atom. The molecule has 3 aromatic heterocycles. The number of tetrazole rings is 1. The highest BCUT2D eigenvalue weighted by Crippen LogP contribution is 2.30. The number of hydrogen-bond acceptors (Lipinski definition) is 7. The minimum Gasteiger partial charge on any atom is -0.361 e. The molecule has 0 radical (unpaired) electrons. The zero-order chi connectivity index (χ0) is 28.9. The van der Waals surface area contributed by atoms with Gasteiger partial charge in [0, 0.05) is 32.2 Å². The van der Waals surface area contributed by atoms with Gasteiger partial charge in [0.1, 0.15) is 12.1 Å². The quantitative estimate of drug-likeness (QED) is 0.223. The van der Waals surface area contributed by atoms with Gasteiger partial charge in [-0.3, -0.25) is 9.36 Å². The number of methoxy groups -OCH3 is 1. The van der Waals surface area contributed by atoms with Gasteiger partial charge in [-0.2, -0.15) is 5.21 Å². The third-order valence-electron chi connectivity index (χ3n) is 7.42. The first-order chi connectivity index (χ1) is 20.0. The normalized spacial score (nSPS) is 12.3. The lowest BCUT2D eigenvalue weighted by Gasteiger charge is -2.16. The Balaban J connectivity index is 1.60. The monoisotopic (exact) mass is 556 g/mol. The van der Waals surface area contributed by atoms with Crippen molar-refractivity contribution < 1.29 is 4.74 Å². The maximum atomic E-state index is 13.8. The van der Waals surface area contributed by atoms with Crippen LogP contribution in [0.4, 0.5) is 0 Å². The summed E-state index contributed by atoms with van der Waals surface area (Å²) in [6.45, 7) is 6.78. The maximum absolute atomic E-state index is 13.8. The summed E-state index contributed by atoms with van der Waals surface area (Å²) in [5, 5.41) is 14.5. The summed E-state index contributed by atoms with van der Waals surface area (Å²) in [6.07, 6.45) is 3.84. The molecule has 1 unspecified atom stereocenters. The van der Waals surface area contributed by atoms with E-state index in [-0.39, 0.29) is 5.56 Å². The fourth-order valence-electron chi connectivity index (χ4n) is 5.23. The van der Waals surface area contributed by atoms with Crippen molar-refractivity contribution in [2.45, 2.75) is 72.2 Å². The predicted octanol–water partition coefficient (Wildman–Crippen LogP) is 4.56. The lowest BCUT2D eigenvalue weighted by molar-refractivity contribution is 0.0530. The van der Waals surface area contributed by atoms with Crippen molar-refractivity contribution in [1.82, 2.24) is 39.3 Å². The average Bonchev–Trinajstić information content (AvgIpc) is 3.65. The molecule has 0 saturated carbocycles. The van der Waals surface area contributed by atoms with Crippen LogP contribution in [0.5, 0.6) is 0 Å². The Bertz CT molecular complexity index is 1730. The van der Waals surface area contributed by atoms with E-state index in [1.165, 1.54) is 11.7 Å². The summed E-state index contributed by atoms with van der Waals surface area (Å²) in [5.74, 6) is 1.34. The summed E-state index contributed by atoms with van der Waals surface area (Å²) in [6, 6.07) is 16.2. The van der Waals surface area contributed by atoms with Crippen LogP contribution < -0.4 is 11.2 Å². The molecular formula is C30H36N8O3. The summed E-state index contributed by atoms with van der Waals surface area (Å²) >= 11 is 0. The van der Waals surface area contributed by atoms with Crippen molar-refractivity contribution in [1.29, 1.82) is 0 Å². The first kappa shape index (κ1) is 28.2. The predicted molar refractivity (Wildman–Crippen MR) is 158 cm³/mol. The molecule has 11 heteroatoms. The minimum atomic E-state index is -0.701. The van der Waals surface area contributed by atoms with Crippen LogP contribution in [0.25, 0.3) is 33.7 Å². The Kier molecular flexibility index (Phi) is 8.53. The van der Waals surface area contributed by atoms with E-state index < -0.39 is 11.9 Å². The molecule has 0 aliphatic heterocycles. The molecule has 41 heavy (non-hydrogen) atoms. The SMILES string of the molecule is CCCCCc1nc2c(c(=O)n(C(C)OC)c(=O)n2CCC)n1Cc1ccc(-c2ccccc2-c2nn[nH]n2)cc1. The van der Waals surface area contributed by atoms with Crippen LogP contribution in [0.1, 0.15) is 64.1 Å². The van der Waals surface area contributed by atoms with E-state index in [1.54, 1.807) is 11.5 Å².